The summed E-state index contributed by atoms with van der Waals surface area (Å²) in [4.78, 5) is 0. The van der Waals surface area contributed by atoms with Gasteiger partial charge in [0.2, 0.25) is 0 Å². The molecule has 3 atom stereocenters. The molecule has 0 bridgehead atoms. The minimum atomic E-state index is -2.35. The molecule has 0 fully saturated rings. The van der Waals surface area contributed by atoms with Crippen LogP contribution in [0.1, 0.15) is 56.2 Å². The Bertz CT molecular complexity index is 1110. The van der Waals surface area contributed by atoms with Crippen LogP contribution in [0.2, 0.25) is 0 Å². The Kier molecular flexibility index (Phi) is 6.52. The Balaban J connectivity index is 1.61. The van der Waals surface area contributed by atoms with Crippen molar-refractivity contribution in [1.29, 1.82) is 0 Å². The summed E-state index contributed by atoms with van der Waals surface area (Å²) < 4.78 is 76.6. The summed E-state index contributed by atoms with van der Waals surface area (Å²) >= 11 is 0. The molecule has 0 saturated heterocycles. The summed E-state index contributed by atoms with van der Waals surface area (Å²) in [6.45, 7) is 6.13. The first-order chi connectivity index (χ1) is 15.8. The number of rotatable bonds is 7. The van der Waals surface area contributed by atoms with E-state index in [0.717, 1.165) is 0 Å². The van der Waals surface area contributed by atoms with Gasteiger partial charge >= 0.3 is 0 Å². The molecule has 2 aromatic rings. The van der Waals surface area contributed by atoms with Gasteiger partial charge in [-0.1, -0.05) is 18.2 Å². The molecule has 2 aliphatic carbocycles. The molecule has 2 aliphatic rings. The van der Waals surface area contributed by atoms with Gasteiger partial charge in [-0.05, 0) is 56.2 Å². The zero-order valence-corrected chi connectivity index (χ0v) is 18.8. The van der Waals surface area contributed by atoms with Crippen LogP contribution in [0.4, 0.5) is 17.6 Å². The van der Waals surface area contributed by atoms with Crippen LogP contribution in [0.5, 0.6) is 5.75 Å². The van der Waals surface area contributed by atoms with Crippen molar-refractivity contribution in [3.05, 3.63) is 76.6 Å². The van der Waals surface area contributed by atoms with Crippen LogP contribution in [-0.2, 0) is 16.1 Å². The molecule has 7 heteroatoms. The zero-order valence-electron chi connectivity index (χ0n) is 18.8. The second-order valence-electron chi connectivity index (χ2n) is 8.25. The van der Waals surface area contributed by atoms with E-state index in [0.29, 0.717) is 18.8 Å². The van der Waals surface area contributed by atoms with Crippen LogP contribution in [0, 0.1) is 11.6 Å². The molecular formula is C26H26F4O3. The molecule has 33 heavy (non-hydrogen) atoms. The molecule has 0 heterocycles. The summed E-state index contributed by atoms with van der Waals surface area (Å²) in [5.74, 6) is -1.46. The monoisotopic (exact) mass is 462 g/mol. The number of hydrogen-bond donors (Lipinski definition) is 0. The summed E-state index contributed by atoms with van der Waals surface area (Å²) in [5.41, 5.74) is -0.950. The molecule has 0 N–H and O–H groups in total. The van der Waals surface area contributed by atoms with E-state index in [-0.39, 0.29) is 35.7 Å². The van der Waals surface area contributed by atoms with Gasteiger partial charge in [-0.3, -0.25) is 0 Å². The number of benzene rings is 2. The molecule has 2 aromatic carbocycles. The van der Waals surface area contributed by atoms with Crippen molar-refractivity contribution in [2.75, 3.05) is 13.2 Å². The minimum absolute atomic E-state index is 0.0888. The number of ether oxygens (including phenoxy) is 3. The first-order valence-corrected chi connectivity index (χ1v) is 11.0. The van der Waals surface area contributed by atoms with E-state index in [4.69, 9.17) is 14.2 Å². The van der Waals surface area contributed by atoms with Gasteiger partial charge < -0.3 is 14.2 Å². The fourth-order valence-electron chi connectivity index (χ4n) is 4.29. The lowest BCUT2D eigenvalue weighted by molar-refractivity contribution is 0.0132. The number of halogens is 4. The molecule has 0 spiro atoms. The maximum absolute atomic E-state index is 15.3. The van der Waals surface area contributed by atoms with Gasteiger partial charge in [0, 0.05) is 29.7 Å². The lowest BCUT2D eigenvalue weighted by Gasteiger charge is -2.29. The third-order valence-electron chi connectivity index (χ3n) is 5.98. The summed E-state index contributed by atoms with van der Waals surface area (Å²) in [6.07, 6.45) is 1.37. The predicted molar refractivity (Wildman–Crippen MR) is 117 cm³/mol. The van der Waals surface area contributed by atoms with Crippen LogP contribution >= 0.6 is 0 Å². The fourth-order valence-corrected chi connectivity index (χ4v) is 4.29. The average Bonchev–Trinajstić information content (AvgIpc) is 2.79. The van der Waals surface area contributed by atoms with Crippen LogP contribution in [0.25, 0.3) is 11.1 Å². The lowest BCUT2D eigenvalue weighted by Crippen LogP contribution is -2.27. The number of alkyl halides is 2. The summed E-state index contributed by atoms with van der Waals surface area (Å²) in [7, 11) is 0. The third kappa shape index (κ3) is 4.26. The third-order valence-corrected chi connectivity index (χ3v) is 5.98. The first kappa shape index (κ1) is 23.4. The van der Waals surface area contributed by atoms with Crippen molar-refractivity contribution in [2.45, 2.75) is 51.7 Å². The number of fused-ring (bicyclic) bond motifs is 3. The van der Waals surface area contributed by atoms with Crippen molar-refractivity contribution in [2.24, 2.45) is 0 Å². The van der Waals surface area contributed by atoms with Gasteiger partial charge in [-0.25, -0.2) is 17.6 Å². The van der Waals surface area contributed by atoms with Crippen molar-refractivity contribution in [3.8, 4) is 16.9 Å². The maximum Gasteiger partial charge on any atom is 0.171 e. The van der Waals surface area contributed by atoms with Gasteiger partial charge in [0.05, 0.1) is 12.2 Å². The first-order valence-electron chi connectivity index (χ1n) is 11.0. The highest BCUT2D eigenvalue weighted by molar-refractivity contribution is 5.76. The number of hydrogen-bond acceptors (Lipinski definition) is 3. The molecule has 3 unspecified atom stereocenters. The van der Waals surface area contributed by atoms with Crippen LogP contribution in [0.15, 0.2) is 48.3 Å². The molecule has 0 amide bonds. The highest BCUT2D eigenvalue weighted by atomic mass is 19.2. The molecule has 0 radical (unpaired) electrons. The van der Waals surface area contributed by atoms with E-state index in [1.165, 1.54) is 24.3 Å². The topological polar surface area (TPSA) is 27.7 Å². The van der Waals surface area contributed by atoms with Crippen molar-refractivity contribution in [3.63, 3.8) is 0 Å². The largest absolute Gasteiger partial charge is 0.491 e. The van der Waals surface area contributed by atoms with Gasteiger partial charge in [0.15, 0.2) is 23.9 Å². The molecule has 176 valence electrons. The Morgan fingerprint density at radius 3 is 2.18 bits per heavy atom. The smallest absolute Gasteiger partial charge is 0.171 e. The van der Waals surface area contributed by atoms with Gasteiger partial charge in [0.1, 0.15) is 18.2 Å². The van der Waals surface area contributed by atoms with E-state index >= 15 is 8.78 Å². The standard InChI is InChI=1S/C26H26F4O3/c1-4-31-19-9-8-18-17-7-6-15(14-32-16-10-12-26(3,13-11-16)33-5-2)22(27)20(17)24(29)25(30)21(18)23(19)28/h6-12,24-25H,4-5,13-14H2,1-3H3. The normalized spacial score (nSPS) is 23.5. The van der Waals surface area contributed by atoms with Crippen LogP contribution in [-0.4, -0.2) is 18.8 Å². The van der Waals surface area contributed by atoms with Crippen molar-refractivity contribution >= 4 is 0 Å². The summed E-state index contributed by atoms with van der Waals surface area (Å²) in [6, 6.07) is 5.71. The Morgan fingerprint density at radius 1 is 0.909 bits per heavy atom. The van der Waals surface area contributed by atoms with Gasteiger partial charge in [0.25, 0.3) is 0 Å². The van der Waals surface area contributed by atoms with E-state index in [2.05, 4.69) is 0 Å². The molecule has 0 saturated carbocycles. The van der Waals surface area contributed by atoms with Gasteiger partial charge in [-0.15, -0.1) is 0 Å². The second kappa shape index (κ2) is 9.21. The predicted octanol–water partition coefficient (Wildman–Crippen LogP) is 7.22. The van der Waals surface area contributed by atoms with Crippen molar-refractivity contribution in [1.82, 2.24) is 0 Å². The molecule has 0 aliphatic heterocycles. The fraction of sp³-hybridized carbons (Fsp3) is 0.385. The van der Waals surface area contributed by atoms with E-state index in [9.17, 15) is 8.78 Å². The molecule has 0 aromatic heterocycles. The van der Waals surface area contributed by atoms with Crippen molar-refractivity contribution < 1.29 is 31.8 Å². The highest BCUT2D eigenvalue weighted by Crippen LogP contribution is 2.51. The molecule has 3 nitrogen and oxygen atoms in total. The van der Waals surface area contributed by atoms with E-state index in [1.54, 1.807) is 13.0 Å². The second-order valence-corrected chi connectivity index (χ2v) is 8.25. The highest BCUT2D eigenvalue weighted by Gasteiger charge is 2.40. The quantitative estimate of drug-likeness (QED) is 0.407. The Labute approximate surface area is 190 Å². The average molecular weight is 462 g/mol. The maximum atomic E-state index is 15.3. The summed E-state index contributed by atoms with van der Waals surface area (Å²) in [5, 5.41) is 0. The van der Waals surface area contributed by atoms with E-state index < -0.39 is 40.7 Å². The minimum Gasteiger partial charge on any atom is -0.491 e. The van der Waals surface area contributed by atoms with Crippen LogP contribution in [0.3, 0.4) is 0 Å². The zero-order chi connectivity index (χ0) is 23.8. The Hall–Kier alpha value is -2.80. The molecule has 4 rings (SSSR count). The van der Waals surface area contributed by atoms with Crippen LogP contribution < -0.4 is 4.74 Å². The van der Waals surface area contributed by atoms with Gasteiger partial charge in [-0.2, -0.15) is 0 Å². The van der Waals surface area contributed by atoms with E-state index in [1.807, 2.05) is 26.0 Å². The molecular weight excluding hydrogens is 436 g/mol. The SMILES string of the molecule is CCOc1ccc2c(c1F)C(F)C(F)c1c-2ccc(COC2=CCC(C)(OCC)C=C2)c1F. The lowest BCUT2D eigenvalue weighted by atomic mass is 9.81. The Morgan fingerprint density at radius 2 is 1.58 bits per heavy atom. The number of allylic oxidation sites excluding steroid dienone is 1.